The topological polar surface area (TPSA) is 31.4 Å². The number of nitrogens with zero attached hydrogens (tertiary/aromatic N) is 1. The summed E-state index contributed by atoms with van der Waals surface area (Å²) in [5.74, 6) is 3.63. The van der Waals surface area contributed by atoms with Crippen molar-refractivity contribution in [3.8, 4) is 23.1 Å². The summed E-state index contributed by atoms with van der Waals surface area (Å²) in [4.78, 5) is 4.97. The number of aromatic nitrogens is 1. The summed E-state index contributed by atoms with van der Waals surface area (Å²) in [6.07, 6.45) is 3.17. The summed E-state index contributed by atoms with van der Waals surface area (Å²) in [6, 6.07) is 13.2. The molecule has 2 aliphatic heterocycles. The first-order valence-corrected chi connectivity index (χ1v) is 10.6. The van der Waals surface area contributed by atoms with E-state index in [0.29, 0.717) is 0 Å². The first-order chi connectivity index (χ1) is 13.9. The Morgan fingerprint density at radius 3 is 2.48 bits per heavy atom. The fourth-order valence-corrected chi connectivity index (χ4v) is 4.98. The van der Waals surface area contributed by atoms with Crippen LogP contribution in [-0.4, -0.2) is 11.7 Å². The number of hydrogen-bond acceptors (Lipinski definition) is 3. The molecule has 0 bridgehead atoms. The number of fused-ring (bicyclic) bond motifs is 6. The van der Waals surface area contributed by atoms with Crippen molar-refractivity contribution in [1.82, 2.24) is 4.98 Å². The van der Waals surface area contributed by atoms with Crippen LogP contribution < -0.4 is 25.9 Å². The molecule has 3 heterocycles. The summed E-state index contributed by atoms with van der Waals surface area (Å²) in [5, 5.41) is 0. The molecule has 6 rings (SSSR count). The molecule has 0 N–H and O–H groups in total. The Labute approximate surface area is 172 Å². The molecule has 3 aliphatic rings. The second-order valence-electron chi connectivity index (χ2n) is 9.62. The second kappa shape index (κ2) is 5.66. The van der Waals surface area contributed by atoms with Crippen LogP contribution in [0.4, 0.5) is 0 Å². The van der Waals surface area contributed by atoms with Crippen LogP contribution in [0.5, 0.6) is 23.1 Å². The van der Waals surface area contributed by atoms with Gasteiger partial charge in [0, 0.05) is 11.0 Å². The zero-order valence-electron chi connectivity index (χ0n) is 17.4. The average molecular weight is 381 g/mol. The Hall–Kier alpha value is -2.75. The van der Waals surface area contributed by atoms with Crippen molar-refractivity contribution in [2.24, 2.45) is 0 Å². The second-order valence-corrected chi connectivity index (χ2v) is 9.62. The highest BCUT2D eigenvalue weighted by molar-refractivity contribution is 6.98. The predicted molar refractivity (Wildman–Crippen MR) is 117 cm³/mol. The van der Waals surface area contributed by atoms with Crippen LogP contribution >= 0.6 is 0 Å². The predicted octanol–water partition coefficient (Wildman–Crippen LogP) is 3.90. The van der Waals surface area contributed by atoms with Crippen LogP contribution in [0.2, 0.25) is 0 Å². The van der Waals surface area contributed by atoms with Gasteiger partial charge in [0.15, 0.2) is 0 Å². The van der Waals surface area contributed by atoms with Gasteiger partial charge in [0.05, 0.1) is 5.69 Å². The lowest BCUT2D eigenvalue weighted by atomic mass is 9.35. The standard InChI is InChI=1S/C25H24BNO2/c1-14-8-10-17-20(12-14)28-23-16-6-5-7-19(16)27-24-22(23)26(17)18-11-9-15(25(2,3)4)13-21(18)29-24/h8-13H,5-7H2,1-4H3. The third-order valence-corrected chi connectivity index (χ3v) is 6.55. The molecular weight excluding hydrogens is 357 g/mol. The Morgan fingerprint density at radius 2 is 1.69 bits per heavy atom. The normalized spacial score (nSPS) is 15.7. The molecule has 0 unspecified atom stereocenters. The largest absolute Gasteiger partial charge is 0.458 e. The van der Waals surface area contributed by atoms with E-state index in [2.05, 4.69) is 64.1 Å². The molecule has 0 saturated carbocycles. The van der Waals surface area contributed by atoms with E-state index in [0.717, 1.165) is 53.5 Å². The summed E-state index contributed by atoms with van der Waals surface area (Å²) >= 11 is 0. The van der Waals surface area contributed by atoms with Gasteiger partial charge in [-0.3, -0.25) is 0 Å². The van der Waals surface area contributed by atoms with Crippen molar-refractivity contribution in [3.05, 3.63) is 58.8 Å². The van der Waals surface area contributed by atoms with Crippen molar-refractivity contribution < 1.29 is 9.47 Å². The van der Waals surface area contributed by atoms with Crippen LogP contribution in [0, 0.1) is 6.92 Å². The maximum Gasteiger partial charge on any atom is 0.262 e. The molecule has 1 aliphatic carbocycles. The minimum absolute atomic E-state index is 0.0693. The van der Waals surface area contributed by atoms with Crippen molar-refractivity contribution >= 4 is 23.1 Å². The zero-order valence-corrected chi connectivity index (χ0v) is 17.4. The molecule has 2 aromatic carbocycles. The van der Waals surface area contributed by atoms with Gasteiger partial charge in [-0.25, -0.2) is 4.98 Å². The average Bonchev–Trinajstić information content (AvgIpc) is 3.14. The van der Waals surface area contributed by atoms with Gasteiger partial charge in [-0.2, -0.15) is 0 Å². The Morgan fingerprint density at radius 1 is 0.931 bits per heavy atom. The molecule has 0 amide bonds. The number of rotatable bonds is 0. The number of pyridine rings is 1. The van der Waals surface area contributed by atoms with Gasteiger partial charge in [0.1, 0.15) is 17.2 Å². The van der Waals surface area contributed by atoms with Crippen LogP contribution in [0.15, 0.2) is 36.4 Å². The fourth-order valence-electron chi connectivity index (χ4n) is 4.98. The molecule has 29 heavy (non-hydrogen) atoms. The maximum absolute atomic E-state index is 6.52. The summed E-state index contributed by atoms with van der Waals surface area (Å²) in [5.41, 5.74) is 8.50. The van der Waals surface area contributed by atoms with E-state index in [1.54, 1.807) is 0 Å². The zero-order chi connectivity index (χ0) is 19.9. The van der Waals surface area contributed by atoms with Gasteiger partial charge in [0.25, 0.3) is 6.71 Å². The van der Waals surface area contributed by atoms with Gasteiger partial charge in [-0.05, 0) is 65.8 Å². The molecule has 4 heteroatoms. The van der Waals surface area contributed by atoms with Crippen molar-refractivity contribution in [3.63, 3.8) is 0 Å². The van der Waals surface area contributed by atoms with Crippen LogP contribution in [0.25, 0.3) is 0 Å². The van der Waals surface area contributed by atoms with Gasteiger partial charge in [-0.15, -0.1) is 0 Å². The van der Waals surface area contributed by atoms with Crippen LogP contribution in [0.1, 0.15) is 49.6 Å². The van der Waals surface area contributed by atoms with E-state index in [9.17, 15) is 0 Å². The van der Waals surface area contributed by atoms with E-state index < -0.39 is 0 Å². The summed E-state index contributed by atoms with van der Waals surface area (Å²) in [7, 11) is 0. The lowest BCUT2D eigenvalue weighted by Gasteiger charge is -2.34. The highest BCUT2D eigenvalue weighted by Gasteiger charge is 2.43. The Balaban J connectivity index is 1.64. The van der Waals surface area contributed by atoms with Crippen molar-refractivity contribution in [1.29, 1.82) is 0 Å². The van der Waals surface area contributed by atoms with Crippen molar-refractivity contribution in [2.75, 3.05) is 0 Å². The molecule has 0 spiro atoms. The Kier molecular flexibility index (Phi) is 3.34. The third-order valence-electron chi connectivity index (χ3n) is 6.55. The van der Waals surface area contributed by atoms with Gasteiger partial charge in [0.2, 0.25) is 5.88 Å². The van der Waals surface area contributed by atoms with E-state index in [1.807, 2.05) is 0 Å². The van der Waals surface area contributed by atoms with Crippen LogP contribution in [0.3, 0.4) is 0 Å². The number of aryl methyl sites for hydroxylation is 2. The summed E-state index contributed by atoms with van der Waals surface area (Å²) < 4.78 is 13.0. The lowest BCUT2D eigenvalue weighted by Crippen LogP contribution is -2.58. The third kappa shape index (κ3) is 2.41. The Bertz CT molecular complexity index is 1190. The smallest absolute Gasteiger partial charge is 0.262 e. The number of benzene rings is 2. The highest BCUT2D eigenvalue weighted by Crippen LogP contribution is 2.40. The van der Waals surface area contributed by atoms with E-state index in [4.69, 9.17) is 14.5 Å². The fraction of sp³-hybridized carbons (Fsp3) is 0.320. The van der Waals surface area contributed by atoms with Gasteiger partial charge >= 0.3 is 0 Å². The quantitative estimate of drug-likeness (QED) is 0.381. The van der Waals surface area contributed by atoms with E-state index in [1.165, 1.54) is 27.6 Å². The molecule has 0 fully saturated rings. The first kappa shape index (κ1) is 17.1. The van der Waals surface area contributed by atoms with Gasteiger partial charge in [-0.1, -0.05) is 45.0 Å². The monoisotopic (exact) mass is 381 g/mol. The molecule has 0 radical (unpaired) electrons. The van der Waals surface area contributed by atoms with Crippen LogP contribution in [-0.2, 0) is 18.3 Å². The summed E-state index contributed by atoms with van der Waals surface area (Å²) in [6.45, 7) is 8.94. The maximum atomic E-state index is 6.52. The van der Waals surface area contributed by atoms with Crippen molar-refractivity contribution in [2.45, 2.75) is 52.4 Å². The number of ether oxygens (including phenoxy) is 2. The van der Waals surface area contributed by atoms with E-state index in [-0.39, 0.29) is 12.1 Å². The molecule has 3 aromatic rings. The first-order valence-electron chi connectivity index (χ1n) is 10.6. The molecule has 0 atom stereocenters. The highest BCUT2D eigenvalue weighted by atomic mass is 16.5. The lowest BCUT2D eigenvalue weighted by molar-refractivity contribution is 0.445. The SMILES string of the molecule is Cc1ccc2c(c1)Oc1c3c(nc4c1B2c1ccc(C(C)(C)C)cc1O4)CCC3. The molecule has 144 valence electrons. The molecule has 3 nitrogen and oxygen atoms in total. The molecule has 1 aromatic heterocycles. The van der Waals surface area contributed by atoms with E-state index >= 15 is 0 Å². The molecular formula is C25H24BNO2. The minimum Gasteiger partial charge on any atom is -0.458 e. The number of hydrogen-bond donors (Lipinski definition) is 0. The molecule has 0 saturated heterocycles. The minimum atomic E-state index is 0.0693. The van der Waals surface area contributed by atoms with Gasteiger partial charge < -0.3 is 9.47 Å².